The van der Waals surface area contributed by atoms with Crippen LogP contribution in [-0.4, -0.2) is 13.1 Å². The molecule has 0 saturated heterocycles. The molecule has 2 nitrogen and oxygen atoms in total. The summed E-state index contributed by atoms with van der Waals surface area (Å²) in [5.74, 6) is 0.156. The Morgan fingerprint density at radius 1 is 1.50 bits per heavy atom. The van der Waals surface area contributed by atoms with Crippen LogP contribution in [-0.2, 0) is 9.53 Å². The number of carbonyl (C=O) groups is 1. The van der Waals surface area contributed by atoms with E-state index in [1.54, 1.807) is 0 Å². The maximum absolute atomic E-state index is 11.5. The molecule has 1 aliphatic rings. The van der Waals surface area contributed by atoms with Crippen molar-refractivity contribution in [3.8, 4) is 0 Å². The van der Waals surface area contributed by atoms with Gasteiger partial charge in [-0.3, -0.25) is 4.79 Å². The lowest BCUT2D eigenvalue weighted by atomic mass is 9.91. The molecule has 0 aromatic heterocycles. The smallest absolute Gasteiger partial charge is 0.309 e. The van der Waals surface area contributed by atoms with Gasteiger partial charge in [0.1, 0.15) is 0 Å². The molecule has 18 heavy (non-hydrogen) atoms. The number of carbonyl (C=O) groups excluding carboxylic acids is 1. The number of rotatable bonds is 5. The van der Waals surface area contributed by atoms with Gasteiger partial charge >= 0.3 is 5.97 Å². The lowest BCUT2D eigenvalue weighted by Gasteiger charge is -2.14. The Morgan fingerprint density at radius 2 is 2.17 bits per heavy atom. The van der Waals surface area contributed by atoms with Gasteiger partial charge in [-0.2, -0.15) is 0 Å². The minimum atomic E-state index is -0.115. The lowest BCUT2D eigenvalue weighted by Crippen LogP contribution is -2.13. The van der Waals surface area contributed by atoms with Crippen molar-refractivity contribution in [3.63, 3.8) is 0 Å². The molecule has 2 atom stereocenters. The SMILES string of the molecule is C=C(CCC=C(C)C)[C@@H]1C[C@@H](C(=O)OC)CC1=C. The van der Waals surface area contributed by atoms with E-state index >= 15 is 0 Å². The predicted molar refractivity (Wildman–Crippen MR) is 75.2 cm³/mol. The van der Waals surface area contributed by atoms with Gasteiger partial charge in [0, 0.05) is 5.92 Å². The highest BCUT2D eigenvalue weighted by Gasteiger charge is 2.34. The first-order valence-corrected chi connectivity index (χ1v) is 6.52. The zero-order chi connectivity index (χ0) is 13.7. The first-order valence-electron chi connectivity index (χ1n) is 6.52. The summed E-state index contributed by atoms with van der Waals surface area (Å²) in [6, 6.07) is 0. The summed E-state index contributed by atoms with van der Waals surface area (Å²) >= 11 is 0. The van der Waals surface area contributed by atoms with E-state index in [1.807, 2.05) is 0 Å². The van der Waals surface area contributed by atoms with Crippen molar-refractivity contribution >= 4 is 5.97 Å². The van der Waals surface area contributed by atoms with Gasteiger partial charge in [-0.05, 0) is 39.5 Å². The zero-order valence-corrected chi connectivity index (χ0v) is 11.8. The summed E-state index contributed by atoms with van der Waals surface area (Å²) in [5, 5.41) is 0. The number of allylic oxidation sites excluding steroid dienone is 4. The molecule has 0 spiro atoms. The van der Waals surface area contributed by atoms with Crippen LogP contribution in [0, 0.1) is 11.8 Å². The molecule has 1 fully saturated rings. The largest absolute Gasteiger partial charge is 0.469 e. The lowest BCUT2D eigenvalue weighted by molar-refractivity contribution is -0.145. The van der Waals surface area contributed by atoms with Crippen LogP contribution in [0.5, 0.6) is 0 Å². The van der Waals surface area contributed by atoms with Crippen molar-refractivity contribution in [1.82, 2.24) is 0 Å². The van der Waals surface area contributed by atoms with E-state index in [9.17, 15) is 4.79 Å². The standard InChI is InChI=1S/C16H24O2/c1-11(2)7-6-8-12(3)15-10-14(9-13(15)4)16(17)18-5/h7,14-15H,3-4,6,8-10H2,1-2,5H3/t14-,15-/m0/s1. The van der Waals surface area contributed by atoms with E-state index in [4.69, 9.17) is 4.74 Å². The minimum absolute atomic E-state index is 0.0206. The van der Waals surface area contributed by atoms with Crippen molar-refractivity contribution < 1.29 is 9.53 Å². The van der Waals surface area contributed by atoms with E-state index in [0.717, 1.165) is 31.3 Å². The van der Waals surface area contributed by atoms with Gasteiger partial charge in [-0.25, -0.2) is 0 Å². The maximum Gasteiger partial charge on any atom is 0.309 e. The molecule has 0 aromatic carbocycles. The Bertz CT molecular complexity index is 373. The van der Waals surface area contributed by atoms with Crippen LogP contribution in [0.15, 0.2) is 36.0 Å². The third-order valence-electron chi connectivity index (χ3n) is 3.57. The summed E-state index contributed by atoms with van der Waals surface area (Å²) in [7, 11) is 1.45. The summed E-state index contributed by atoms with van der Waals surface area (Å²) in [5.41, 5.74) is 3.66. The van der Waals surface area contributed by atoms with Crippen LogP contribution < -0.4 is 0 Å². The molecule has 0 bridgehead atoms. The van der Waals surface area contributed by atoms with Crippen molar-refractivity contribution in [1.29, 1.82) is 0 Å². The predicted octanol–water partition coefficient (Wildman–Crippen LogP) is 4.04. The molecule has 0 aromatic rings. The minimum Gasteiger partial charge on any atom is -0.469 e. The summed E-state index contributed by atoms with van der Waals surface area (Å²) < 4.78 is 4.80. The molecule has 0 aliphatic heterocycles. The fourth-order valence-electron chi connectivity index (χ4n) is 2.52. The van der Waals surface area contributed by atoms with Gasteiger partial charge in [0.25, 0.3) is 0 Å². The van der Waals surface area contributed by atoms with Crippen molar-refractivity contribution in [2.24, 2.45) is 11.8 Å². The monoisotopic (exact) mass is 248 g/mol. The van der Waals surface area contributed by atoms with Crippen LogP contribution in [0.1, 0.15) is 39.5 Å². The highest BCUT2D eigenvalue weighted by atomic mass is 16.5. The second kappa shape index (κ2) is 6.58. The third-order valence-corrected chi connectivity index (χ3v) is 3.57. The van der Waals surface area contributed by atoms with Crippen molar-refractivity contribution in [2.45, 2.75) is 39.5 Å². The average molecular weight is 248 g/mol. The van der Waals surface area contributed by atoms with Gasteiger partial charge in [0.15, 0.2) is 0 Å². The number of esters is 1. The molecule has 2 heteroatoms. The topological polar surface area (TPSA) is 26.3 Å². The quantitative estimate of drug-likeness (QED) is 0.542. The number of methoxy groups -OCH3 is 1. The average Bonchev–Trinajstić information content (AvgIpc) is 2.69. The molecule has 0 unspecified atom stereocenters. The number of hydrogen-bond acceptors (Lipinski definition) is 2. The van der Waals surface area contributed by atoms with E-state index in [0.29, 0.717) is 5.92 Å². The van der Waals surface area contributed by atoms with Gasteiger partial charge in [0.05, 0.1) is 13.0 Å². The van der Waals surface area contributed by atoms with Gasteiger partial charge in [-0.1, -0.05) is 36.0 Å². The van der Waals surface area contributed by atoms with Crippen LogP contribution >= 0.6 is 0 Å². The van der Waals surface area contributed by atoms with Gasteiger partial charge in [0.2, 0.25) is 0 Å². The second-order valence-electron chi connectivity index (χ2n) is 5.35. The van der Waals surface area contributed by atoms with E-state index in [1.165, 1.54) is 18.3 Å². The summed E-state index contributed by atoms with van der Waals surface area (Å²) in [4.78, 5) is 11.5. The molecule has 0 heterocycles. The first-order chi connectivity index (χ1) is 8.45. The summed E-state index contributed by atoms with van der Waals surface area (Å²) in [6.45, 7) is 12.4. The molecule has 100 valence electrons. The summed E-state index contributed by atoms with van der Waals surface area (Å²) in [6.07, 6.45) is 5.79. The third kappa shape index (κ3) is 3.86. The van der Waals surface area contributed by atoms with Gasteiger partial charge in [-0.15, -0.1) is 0 Å². The molecule has 0 radical (unpaired) electrons. The second-order valence-corrected chi connectivity index (χ2v) is 5.35. The van der Waals surface area contributed by atoms with Crippen LogP contribution in [0.4, 0.5) is 0 Å². The molecule has 0 amide bonds. The van der Waals surface area contributed by atoms with Gasteiger partial charge < -0.3 is 4.74 Å². The number of hydrogen-bond donors (Lipinski definition) is 0. The Morgan fingerprint density at radius 3 is 2.72 bits per heavy atom. The zero-order valence-electron chi connectivity index (χ0n) is 11.8. The Labute approximate surface area is 110 Å². The van der Waals surface area contributed by atoms with Crippen LogP contribution in [0.25, 0.3) is 0 Å². The molecule has 0 N–H and O–H groups in total. The van der Waals surface area contributed by atoms with Crippen LogP contribution in [0.2, 0.25) is 0 Å². The van der Waals surface area contributed by atoms with E-state index in [-0.39, 0.29) is 11.9 Å². The highest BCUT2D eigenvalue weighted by Crippen LogP contribution is 2.40. The van der Waals surface area contributed by atoms with E-state index < -0.39 is 0 Å². The molecule has 1 aliphatic carbocycles. The highest BCUT2D eigenvalue weighted by molar-refractivity contribution is 5.73. The van der Waals surface area contributed by atoms with Crippen molar-refractivity contribution in [3.05, 3.63) is 36.0 Å². The fourth-order valence-corrected chi connectivity index (χ4v) is 2.52. The normalized spacial score (nSPS) is 22.7. The van der Waals surface area contributed by atoms with Crippen molar-refractivity contribution in [2.75, 3.05) is 7.11 Å². The molecule has 1 saturated carbocycles. The molecular weight excluding hydrogens is 224 g/mol. The maximum atomic E-state index is 11.5. The number of ether oxygens (including phenoxy) is 1. The Hall–Kier alpha value is -1.31. The molecular formula is C16H24O2. The fraction of sp³-hybridized carbons (Fsp3) is 0.562. The van der Waals surface area contributed by atoms with Crippen LogP contribution in [0.3, 0.4) is 0 Å². The van der Waals surface area contributed by atoms with E-state index in [2.05, 4.69) is 33.1 Å². The Kier molecular flexibility index (Phi) is 5.39. The first kappa shape index (κ1) is 14.7. The Balaban J connectivity index is 2.52. The molecule has 1 rings (SSSR count).